The van der Waals surface area contributed by atoms with Crippen LogP contribution < -0.4 is 0 Å². The van der Waals surface area contributed by atoms with Crippen LogP contribution in [0.5, 0.6) is 0 Å². The Morgan fingerprint density at radius 2 is 1.73 bits per heavy atom. The first-order valence-corrected chi connectivity index (χ1v) is 8.86. The van der Waals surface area contributed by atoms with Gasteiger partial charge in [0.15, 0.2) is 0 Å². The summed E-state index contributed by atoms with van der Waals surface area (Å²) < 4.78 is 5.19. The van der Waals surface area contributed by atoms with E-state index in [1.807, 2.05) is 0 Å². The molecule has 0 aromatic heterocycles. The summed E-state index contributed by atoms with van der Waals surface area (Å²) in [6.45, 7) is 7.76. The number of carbonyl (C=O) groups is 1. The maximum absolute atomic E-state index is 11.6. The van der Waals surface area contributed by atoms with Gasteiger partial charge in [0, 0.05) is 5.92 Å². The summed E-state index contributed by atoms with van der Waals surface area (Å²) in [5, 5.41) is 9.50. The van der Waals surface area contributed by atoms with Crippen LogP contribution in [0.4, 0.5) is 0 Å². The predicted octanol–water partition coefficient (Wildman–Crippen LogP) is 4.90. The average molecular weight is 308 g/mol. The SMILES string of the molecule is C=CC(C[C@@H](C)O)C1=C(CCCCCCCCCC)C(=O)O1. The van der Waals surface area contributed by atoms with E-state index < -0.39 is 6.10 Å². The van der Waals surface area contributed by atoms with Gasteiger partial charge in [0.1, 0.15) is 5.76 Å². The molecule has 0 radical (unpaired) electrons. The number of hydrogen-bond acceptors (Lipinski definition) is 3. The highest BCUT2D eigenvalue weighted by molar-refractivity contribution is 5.95. The lowest BCUT2D eigenvalue weighted by molar-refractivity contribution is -0.142. The number of esters is 1. The molecule has 1 rings (SSSR count). The molecule has 3 heteroatoms. The Labute approximate surface area is 135 Å². The number of aliphatic hydroxyl groups is 1. The summed E-state index contributed by atoms with van der Waals surface area (Å²) in [5.41, 5.74) is 0.816. The van der Waals surface area contributed by atoms with Gasteiger partial charge < -0.3 is 9.84 Å². The molecule has 0 saturated heterocycles. The second-order valence-electron chi connectivity index (χ2n) is 6.38. The number of hydrogen-bond donors (Lipinski definition) is 1. The van der Waals surface area contributed by atoms with Crippen molar-refractivity contribution in [2.45, 2.75) is 84.2 Å². The van der Waals surface area contributed by atoms with E-state index in [1.54, 1.807) is 13.0 Å². The van der Waals surface area contributed by atoms with Gasteiger partial charge in [0.25, 0.3) is 0 Å². The number of carbonyl (C=O) groups excluding carboxylic acids is 1. The number of unbranched alkanes of at least 4 members (excludes halogenated alkanes) is 7. The minimum Gasteiger partial charge on any atom is -0.426 e. The standard InChI is InChI=1S/C19H32O3/c1-4-6-7-8-9-10-11-12-13-17-18(22-19(17)21)16(5-2)14-15(3)20/h5,15-16,20H,2,4,6-14H2,1,3H3/t15-,16?/m1/s1. The van der Waals surface area contributed by atoms with E-state index in [2.05, 4.69) is 13.5 Å². The molecule has 1 aliphatic heterocycles. The summed E-state index contributed by atoms with van der Waals surface area (Å²) in [6.07, 6.45) is 12.8. The van der Waals surface area contributed by atoms with Gasteiger partial charge in [-0.2, -0.15) is 0 Å². The fourth-order valence-corrected chi connectivity index (χ4v) is 2.92. The van der Waals surface area contributed by atoms with Crippen molar-refractivity contribution in [2.75, 3.05) is 0 Å². The second-order valence-corrected chi connectivity index (χ2v) is 6.38. The number of rotatable bonds is 13. The van der Waals surface area contributed by atoms with Crippen molar-refractivity contribution in [1.29, 1.82) is 0 Å². The Balaban J connectivity index is 2.29. The minimum atomic E-state index is -0.417. The molecular formula is C19H32O3. The molecule has 22 heavy (non-hydrogen) atoms. The molecule has 0 spiro atoms. The second kappa shape index (κ2) is 10.6. The van der Waals surface area contributed by atoms with E-state index in [0.29, 0.717) is 6.42 Å². The largest absolute Gasteiger partial charge is 0.426 e. The quantitative estimate of drug-likeness (QED) is 0.299. The van der Waals surface area contributed by atoms with Crippen molar-refractivity contribution in [1.82, 2.24) is 0 Å². The summed E-state index contributed by atoms with van der Waals surface area (Å²) in [7, 11) is 0. The first-order valence-electron chi connectivity index (χ1n) is 8.86. The molecule has 1 N–H and O–H groups in total. The maximum Gasteiger partial charge on any atom is 0.342 e. The van der Waals surface area contributed by atoms with Crippen LogP contribution in [0.25, 0.3) is 0 Å². The summed E-state index contributed by atoms with van der Waals surface area (Å²) >= 11 is 0. The van der Waals surface area contributed by atoms with Gasteiger partial charge >= 0.3 is 5.97 Å². The molecule has 0 aliphatic carbocycles. The van der Waals surface area contributed by atoms with Gasteiger partial charge in [-0.25, -0.2) is 4.79 Å². The zero-order valence-electron chi connectivity index (χ0n) is 14.3. The Morgan fingerprint density at radius 1 is 1.14 bits per heavy atom. The molecule has 1 heterocycles. The molecule has 0 fully saturated rings. The fourth-order valence-electron chi connectivity index (χ4n) is 2.92. The van der Waals surface area contributed by atoms with Gasteiger partial charge in [-0.3, -0.25) is 0 Å². The third kappa shape index (κ3) is 6.35. The Kier molecular flexibility index (Phi) is 9.14. The van der Waals surface area contributed by atoms with Crippen molar-refractivity contribution >= 4 is 5.97 Å². The van der Waals surface area contributed by atoms with Gasteiger partial charge in [-0.05, 0) is 26.2 Å². The zero-order chi connectivity index (χ0) is 16.4. The smallest absolute Gasteiger partial charge is 0.342 e. The van der Waals surface area contributed by atoms with Crippen LogP contribution >= 0.6 is 0 Å². The van der Waals surface area contributed by atoms with Crippen LogP contribution in [0.3, 0.4) is 0 Å². The first kappa shape index (κ1) is 19.0. The number of cyclic esters (lactones) is 1. The van der Waals surface area contributed by atoms with Crippen molar-refractivity contribution in [3.05, 3.63) is 24.0 Å². The van der Waals surface area contributed by atoms with Gasteiger partial charge in [0.2, 0.25) is 0 Å². The van der Waals surface area contributed by atoms with E-state index in [9.17, 15) is 9.90 Å². The Hall–Kier alpha value is -1.09. The average Bonchev–Trinajstić information content (AvgIpc) is 2.48. The minimum absolute atomic E-state index is 0.0401. The fraction of sp³-hybridized carbons (Fsp3) is 0.737. The summed E-state index contributed by atoms with van der Waals surface area (Å²) in [6, 6.07) is 0. The van der Waals surface area contributed by atoms with Crippen molar-refractivity contribution < 1.29 is 14.6 Å². The lowest BCUT2D eigenvalue weighted by Gasteiger charge is -2.28. The zero-order valence-corrected chi connectivity index (χ0v) is 14.3. The summed E-state index contributed by atoms with van der Waals surface area (Å²) in [5.74, 6) is 0.515. The molecule has 0 bridgehead atoms. The molecule has 0 aromatic carbocycles. The third-order valence-corrected chi connectivity index (χ3v) is 4.24. The van der Waals surface area contributed by atoms with Crippen LogP contribution in [0.2, 0.25) is 0 Å². The van der Waals surface area contributed by atoms with Crippen molar-refractivity contribution in [3.63, 3.8) is 0 Å². The van der Waals surface area contributed by atoms with Crippen LogP contribution in [-0.4, -0.2) is 17.2 Å². The van der Waals surface area contributed by atoms with Crippen LogP contribution in [0.1, 0.15) is 78.1 Å². The Bertz CT molecular complexity index is 382. The van der Waals surface area contributed by atoms with Gasteiger partial charge in [-0.15, -0.1) is 6.58 Å². The molecule has 126 valence electrons. The molecule has 0 saturated carbocycles. The van der Waals surface area contributed by atoms with Crippen LogP contribution in [0, 0.1) is 5.92 Å². The lowest BCUT2D eigenvalue weighted by atomic mass is 9.91. The van der Waals surface area contributed by atoms with E-state index >= 15 is 0 Å². The third-order valence-electron chi connectivity index (χ3n) is 4.24. The normalized spacial score (nSPS) is 17.0. The maximum atomic E-state index is 11.6. The highest BCUT2D eigenvalue weighted by Gasteiger charge is 2.33. The molecule has 2 atom stereocenters. The van der Waals surface area contributed by atoms with Crippen molar-refractivity contribution in [2.24, 2.45) is 5.92 Å². The number of allylic oxidation sites excluding steroid dienone is 1. The van der Waals surface area contributed by atoms with E-state index in [1.165, 1.54) is 44.9 Å². The highest BCUT2D eigenvalue weighted by Crippen LogP contribution is 2.34. The first-order chi connectivity index (χ1) is 10.6. The summed E-state index contributed by atoms with van der Waals surface area (Å²) in [4.78, 5) is 11.6. The molecule has 1 unspecified atom stereocenters. The van der Waals surface area contributed by atoms with Crippen LogP contribution in [0.15, 0.2) is 24.0 Å². The van der Waals surface area contributed by atoms with E-state index in [4.69, 9.17) is 4.74 Å². The lowest BCUT2D eigenvalue weighted by Crippen LogP contribution is -2.27. The predicted molar refractivity (Wildman–Crippen MR) is 90.3 cm³/mol. The van der Waals surface area contributed by atoms with Crippen molar-refractivity contribution in [3.8, 4) is 0 Å². The number of ether oxygens (including phenoxy) is 1. The van der Waals surface area contributed by atoms with Gasteiger partial charge in [0.05, 0.1) is 11.7 Å². The van der Waals surface area contributed by atoms with Crippen LogP contribution in [-0.2, 0) is 9.53 Å². The molecular weight excluding hydrogens is 276 g/mol. The monoisotopic (exact) mass is 308 g/mol. The topological polar surface area (TPSA) is 46.5 Å². The highest BCUT2D eigenvalue weighted by atomic mass is 16.6. The molecule has 0 aromatic rings. The van der Waals surface area contributed by atoms with E-state index in [0.717, 1.165) is 24.2 Å². The molecule has 3 nitrogen and oxygen atoms in total. The Morgan fingerprint density at radius 3 is 2.23 bits per heavy atom. The molecule has 1 aliphatic rings. The molecule has 0 amide bonds. The van der Waals surface area contributed by atoms with E-state index in [-0.39, 0.29) is 11.9 Å². The number of aliphatic hydroxyl groups excluding tert-OH is 1. The van der Waals surface area contributed by atoms with Gasteiger partial charge in [-0.1, -0.05) is 57.9 Å².